The predicted molar refractivity (Wildman–Crippen MR) is 99.3 cm³/mol. The molecule has 0 aliphatic heterocycles. The maximum absolute atomic E-state index is 12.9. The van der Waals surface area contributed by atoms with Crippen molar-refractivity contribution in [3.63, 3.8) is 0 Å². The highest BCUT2D eigenvalue weighted by Crippen LogP contribution is 2.13. The third-order valence-electron chi connectivity index (χ3n) is 3.84. The number of hydrogen-bond donors (Lipinski definition) is 0. The van der Waals surface area contributed by atoms with Crippen LogP contribution < -0.4 is 10.3 Å². The van der Waals surface area contributed by atoms with Gasteiger partial charge in [0.05, 0.1) is 0 Å². The molecule has 0 fully saturated rings. The summed E-state index contributed by atoms with van der Waals surface area (Å²) in [5, 5.41) is 0. The summed E-state index contributed by atoms with van der Waals surface area (Å²) in [5.74, 6) is 0.228. The summed E-state index contributed by atoms with van der Waals surface area (Å²) < 4.78 is 21.2. The molecular weight excluding hydrogens is 385 g/mol. The molecule has 0 N–H and O–H groups in total. The summed E-state index contributed by atoms with van der Waals surface area (Å²) in [6, 6.07) is 17.4. The van der Waals surface area contributed by atoms with E-state index in [9.17, 15) is 9.18 Å². The molecule has 0 saturated heterocycles. The number of rotatable bonds is 6. The number of halogens is 2. The van der Waals surface area contributed by atoms with Crippen LogP contribution in [0.3, 0.4) is 0 Å². The summed E-state index contributed by atoms with van der Waals surface area (Å²) in [5.41, 5.74) is 1.92. The Bertz CT molecular complexity index is 889. The fourth-order valence-corrected chi connectivity index (χ4v) is 2.68. The lowest BCUT2D eigenvalue weighted by molar-refractivity contribution is 0.304. The van der Waals surface area contributed by atoms with E-state index < -0.39 is 0 Å². The molecule has 0 bridgehead atoms. The molecule has 3 aromatic rings. The summed E-state index contributed by atoms with van der Waals surface area (Å²) in [4.78, 5) is 12.2. The lowest BCUT2D eigenvalue weighted by Crippen LogP contribution is -2.19. The van der Waals surface area contributed by atoms with Crippen molar-refractivity contribution in [2.24, 2.45) is 0 Å². The van der Waals surface area contributed by atoms with Crippen molar-refractivity contribution in [1.29, 1.82) is 0 Å². The van der Waals surface area contributed by atoms with Crippen molar-refractivity contribution < 1.29 is 9.13 Å². The number of pyridine rings is 1. The molecule has 0 radical (unpaired) electrons. The van der Waals surface area contributed by atoms with Crippen molar-refractivity contribution in [3.8, 4) is 5.75 Å². The number of ether oxygens (including phenoxy) is 1. The Morgan fingerprint density at radius 3 is 2.32 bits per heavy atom. The number of hydrogen-bond acceptors (Lipinski definition) is 2. The van der Waals surface area contributed by atoms with Gasteiger partial charge in [-0.2, -0.15) is 0 Å². The number of benzene rings is 2. The van der Waals surface area contributed by atoms with Gasteiger partial charge in [-0.25, -0.2) is 4.39 Å². The molecule has 0 atom stereocenters. The van der Waals surface area contributed by atoms with Gasteiger partial charge in [0, 0.05) is 23.3 Å². The van der Waals surface area contributed by atoms with Gasteiger partial charge in [-0.05, 0) is 47.9 Å². The molecule has 1 aromatic heterocycles. The molecule has 0 amide bonds. The van der Waals surface area contributed by atoms with Crippen LogP contribution in [0.25, 0.3) is 0 Å². The molecule has 1 heterocycles. The van der Waals surface area contributed by atoms with Crippen molar-refractivity contribution in [1.82, 2.24) is 4.57 Å². The van der Waals surface area contributed by atoms with Crippen molar-refractivity contribution in [2.75, 3.05) is 0 Å². The van der Waals surface area contributed by atoms with E-state index in [1.54, 1.807) is 29.0 Å². The molecule has 25 heavy (non-hydrogen) atoms. The Morgan fingerprint density at radius 1 is 0.960 bits per heavy atom. The first-order chi connectivity index (χ1) is 12.1. The van der Waals surface area contributed by atoms with Gasteiger partial charge < -0.3 is 9.30 Å². The Morgan fingerprint density at radius 2 is 1.64 bits per heavy atom. The largest absolute Gasteiger partial charge is 0.489 e. The van der Waals surface area contributed by atoms with Crippen LogP contribution in [0.1, 0.15) is 11.1 Å². The quantitative estimate of drug-likeness (QED) is 0.605. The van der Waals surface area contributed by atoms with E-state index in [1.807, 2.05) is 24.3 Å². The average Bonchev–Trinajstić information content (AvgIpc) is 2.62. The lowest BCUT2D eigenvalue weighted by atomic mass is 10.1. The topological polar surface area (TPSA) is 31.2 Å². The van der Waals surface area contributed by atoms with E-state index >= 15 is 0 Å². The van der Waals surface area contributed by atoms with E-state index in [0.717, 1.165) is 16.5 Å². The molecule has 3 nitrogen and oxygen atoms in total. The highest BCUT2D eigenvalue weighted by atomic mass is 79.9. The highest BCUT2D eigenvalue weighted by molar-refractivity contribution is 9.10. The third kappa shape index (κ3) is 5.03. The van der Waals surface area contributed by atoms with Crippen LogP contribution in [0.2, 0.25) is 0 Å². The normalized spacial score (nSPS) is 10.6. The van der Waals surface area contributed by atoms with Gasteiger partial charge in [-0.1, -0.05) is 40.2 Å². The smallest absolute Gasteiger partial charge is 0.254 e. The van der Waals surface area contributed by atoms with Crippen LogP contribution in [-0.2, 0) is 19.6 Å². The maximum atomic E-state index is 12.9. The SMILES string of the molecule is O=c1cc(OCc2ccc(F)cc2)ccn1CCc1ccc(Br)cc1. The van der Waals surface area contributed by atoms with Crippen LogP contribution in [0.4, 0.5) is 4.39 Å². The van der Waals surface area contributed by atoms with E-state index in [4.69, 9.17) is 4.74 Å². The second-order valence-corrected chi connectivity index (χ2v) is 6.60. The zero-order valence-corrected chi connectivity index (χ0v) is 15.1. The summed E-state index contributed by atoms with van der Waals surface area (Å²) >= 11 is 3.41. The van der Waals surface area contributed by atoms with Crippen molar-refractivity contribution >= 4 is 15.9 Å². The number of aromatic nitrogens is 1. The second-order valence-electron chi connectivity index (χ2n) is 5.69. The molecule has 128 valence electrons. The summed E-state index contributed by atoms with van der Waals surface area (Å²) in [7, 11) is 0. The Hall–Kier alpha value is -2.40. The highest BCUT2D eigenvalue weighted by Gasteiger charge is 2.02. The van der Waals surface area contributed by atoms with Gasteiger partial charge in [0.1, 0.15) is 18.2 Å². The number of nitrogens with zero attached hydrogens (tertiary/aromatic N) is 1. The minimum absolute atomic E-state index is 0.103. The van der Waals surface area contributed by atoms with E-state index in [0.29, 0.717) is 18.9 Å². The van der Waals surface area contributed by atoms with Crippen LogP contribution in [0, 0.1) is 5.82 Å². The third-order valence-corrected chi connectivity index (χ3v) is 4.37. The number of aryl methyl sites for hydroxylation is 2. The van der Waals surface area contributed by atoms with Crippen LogP contribution >= 0.6 is 15.9 Å². The van der Waals surface area contributed by atoms with Crippen LogP contribution in [0.15, 0.2) is 76.1 Å². The van der Waals surface area contributed by atoms with Crippen molar-refractivity contribution in [2.45, 2.75) is 19.6 Å². The molecule has 0 saturated carbocycles. The first kappa shape index (κ1) is 17.4. The minimum atomic E-state index is -0.280. The van der Waals surface area contributed by atoms with Gasteiger partial charge in [-0.15, -0.1) is 0 Å². The fourth-order valence-electron chi connectivity index (χ4n) is 2.41. The second kappa shape index (κ2) is 8.12. The summed E-state index contributed by atoms with van der Waals surface area (Å²) in [6.07, 6.45) is 2.52. The van der Waals surface area contributed by atoms with Crippen molar-refractivity contribution in [3.05, 3.63) is 98.6 Å². The fraction of sp³-hybridized carbons (Fsp3) is 0.150. The Balaban J connectivity index is 1.59. The van der Waals surface area contributed by atoms with Gasteiger partial charge in [0.25, 0.3) is 5.56 Å². The molecular formula is C20H17BrFNO2. The molecule has 0 aliphatic rings. The lowest BCUT2D eigenvalue weighted by Gasteiger charge is -2.09. The average molecular weight is 402 g/mol. The standard InChI is InChI=1S/C20H17BrFNO2/c21-17-5-1-15(2-6-17)9-11-23-12-10-19(13-20(23)24)25-14-16-3-7-18(22)8-4-16/h1-8,10,12-13H,9,11,14H2. The first-order valence-electron chi connectivity index (χ1n) is 7.92. The predicted octanol–water partition coefficient (Wildman–Crippen LogP) is 4.57. The van der Waals surface area contributed by atoms with Crippen LogP contribution in [0.5, 0.6) is 5.75 Å². The van der Waals surface area contributed by atoms with E-state index in [-0.39, 0.29) is 11.4 Å². The zero-order valence-electron chi connectivity index (χ0n) is 13.5. The molecule has 0 aliphatic carbocycles. The van der Waals surface area contributed by atoms with Gasteiger partial charge >= 0.3 is 0 Å². The van der Waals surface area contributed by atoms with Gasteiger partial charge in [0.15, 0.2) is 0 Å². The van der Waals surface area contributed by atoms with Gasteiger partial charge in [0.2, 0.25) is 0 Å². The summed E-state index contributed by atoms with van der Waals surface area (Å²) in [6.45, 7) is 0.904. The van der Waals surface area contributed by atoms with Gasteiger partial charge in [-0.3, -0.25) is 4.79 Å². The zero-order chi connectivity index (χ0) is 17.6. The molecule has 0 spiro atoms. The monoisotopic (exact) mass is 401 g/mol. The molecule has 2 aromatic carbocycles. The van der Waals surface area contributed by atoms with Crippen LogP contribution in [-0.4, -0.2) is 4.57 Å². The Kier molecular flexibility index (Phi) is 5.66. The molecule has 3 rings (SSSR count). The Labute approximate surface area is 153 Å². The molecule has 0 unspecified atom stereocenters. The van der Waals surface area contributed by atoms with E-state index in [2.05, 4.69) is 15.9 Å². The van der Waals surface area contributed by atoms with E-state index in [1.165, 1.54) is 23.8 Å². The minimum Gasteiger partial charge on any atom is -0.489 e. The maximum Gasteiger partial charge on any atom is 0.254 e. The molecule has 5 heteroatoms. The first-order valence-corrected chi connectivity index (χ1v) is 8.72.